The predicted octanol–water partition coefficient (Wildman–Crippen LogP) is 3.81. The first-order valence-corrected chi connectivity index (χ1v) is 11.1. The lowest BCUT2D eigenvalue weighted by atomic mass is 9.86. The lowest BCUT2D eigenvalue weighted by molar-refractivity contribution is -0.116. The number of hydrogen-bond acceptors (Lipinski definition) is 6. The van der Waals surface area contributed by atoms with Crippen molar-refractivity contribution < 1.29 is 13.9 Å². The number of aromatic nitrogens is 6. The van der Waals surface area contributed by atoms with E-state index in [4.69, 9.17) is 9.84 Å². The van der Waals surface area contributed by atoms with Crippen LogP contribution in [-0.2, 0) is 11.4 Å². The number of nitrogens with zero attached hydrogens (tertiary/aromatic N) is 6. The third-order valence-electron chi connectivity index (χ3n) is 6.05. The minimum absolute atomic E-state index is 0.105. The molecule has 1 aliphatic rings. The highest BCUT2D eigenvalue weighted by atomic mass is 19.1. The van der Waals surface area contributed by atoms with E-state index in [2.05, 4.69) is 20.6 Å². The molecule has 1 atom stereocenters. The van der Waals surface area contributed by atoms with Crippen molar-refractivity contribution in [2.45, 2.75) is 25.9 Å². The van der Waals surface area contributed by atoms with Crippen molar-refractivity contribution in [2.75, 3.05) is 5.32 Å². The molecule has 0 saturated heterocycles. The molecule has 9 nitrogen and oxygen atoms in total. The summed E-state index contributed by atoms with van der Waals surface area (Å²) in [5.41, 5.74) is 4.17. The van der Waals surface area contributed by atoms with E-state index in [1.165, 1.54) is 18.5 Å². The lowest BCUT2D eigenvalue weighted by Gasteiger charge is -2.24. The van der Waals surface area contributed by atoms with Gasteiger partial charge in [-0.15, -0.1) is 15.3 Å². The summed E-state index contributed by atoms with van der Waals surface area (Å²) < 4.78 is 22.3. The SMILES string of the molecule is Cc1nn(-c2ccc3nncn3n2)c2c1[C@@H](c1cccc(OCc3ccc(F)cc3)c1)CC(=O)N2. The fourth-order valence-electron chi connectivity index (χ4n) is 4.40. The van der Waals surface area contributed by atoms with Crippen molar-refractivity contribution in [1.82, 2.24) is 29.6 Å². The van der Waals surface area contributed by atoms with Crippen molar-refractivity contribution in [1.29, 1.82) is 0 Å². The highest BCUT2D eigenvalue weighted by Crippen LogP contribution is 2.40. The Bertz CT molecular complexity index is 1560. The Morgan fingerprint density at radius 1 is 1.11 bits per heavy atom. The van der Waals surface area contributed by atoms with Gasteiger partial charge < -0.3 is 10.1 Å². The molecule has 4 heterocycles. The second-order valence-electron chi connectivity index (χ2n) is 8.38. The molecular weight excluding hydrogens is 449 g/mol. The molecule has 2 aromatic carbocycles. The summed E-state index contributed by atoms with van der Waals surface area (Å²) in [7, 11) is 0. The first-order chi connectivity index (χ1) is 17.0. The molecule has 3 aromatic heterocycles. The van der Waals surface area contributed by atoms with E-state index >= 15 is 0 Å². The number of carbonyl (C=O) groups is 1. The molecule has 0 fully saturated rings. The highest BCUT2D eigenvalue weighted by Gasteiger charge is 2.33. The van der Waals surface area contributed by atoms with Crippen LogP contribution >= 0.6 is 0 Å². The standard InChI is InChI=1S/C25H20FN7O2/c1-15-24-20(17-3-2-4-19(11-17)35-13-16-5-7-18(26)8-6-16)12-23(34)28-25(24)33(30-15)22-10-9-21-29-27-14-32(21)31-22/h2-11,14,20H,12-13H2,1H3,(H,28,34)/t20-/m1/s1. The monoisotopic (exact) mass is 469 g/mol. The van der Waals surface area contributed by atoms with Crippen molar-refractivity contribution >= 4 is 17.4 Å². The minimum Gasteiger partial charge on any atom is -0.489 e. The van der Waals surface area contributed by atoms with Crippen LogP contribution in [-0.4, -0.2) is 35.5 Å². The van der Waals surface area contributed by atoms with Gasteiger partial charge in [0.2, 0.25) is 5.91 Å². The van der Waals surface area contributed by atoms with Crippen LogP contribution in [0, 0.1) is 12.7 Å². The number of fused-ring (bicyclic) bond motifs is 2. The zero-order valence-corrected chi connectivity index (χ0v) is 18.7. The number of nitrogens with one attached hydrogen (secondary N) is 1. The maximum absolute atomic E-state index is 13.2. The number of aryl methyl sites for hydroxylation is 1. The van der Waals surface area contributed by atoms with E-state index in [-0.39, 0.29) is 17.6 Å². The summed E-state index contributed by atoms with van der Waals surface area (Å²) in [5.74, 6) is 1.23. The van der Waals surface area contributed by atoms with Crippen molar-refractivity contribution in [3.63, 3.8) is 0 Å². The third-order valence-corrected chi connectivity index (χ3v) is 6.05. The van der Waals surface area contributed by atoms with Gasteiger partial charge in [-0.2, -0.15) is 14.3 Å². The molecule has 1 N–H and O–H groups in total. The summed E-state index contributed by atoms with van der Waals surface area (Å²) in [6, 6.07) is 17.5. The third kappa shape index (κ3) is 3.88. The van der Waals surface area contributed by atoms with E-state index in [0.717, 1.165) is 22.4 Å². The molecule has 174 valence electrons. The Labute approximate surface area is 199 Å². The van der Waals surface area contributed by atoms with E-state index in [1.54, 1.807) is 33.5 Å². The predicted molar refractivity (Wildman–Crippen MR) is 125 cm³/mol. The van der Waals surface area contributed by atoms with Crippen LogP contribution in [0.4, 0.5) is 10.2 Å². The number of amides is 1. The van der Waals surface area contributed by atoms with Crippen molar-refractivity contribution in [3.8, 4) is 11.6 Å². The van der Waals surface area contributed by atoms with Crippen LogP contribution < -0.4 is 10.1 Å². The average molecular weight is 469 g/mol. The van der Waals surface area contributed by atoms with Crippen LogP contribution in [0.15, 0.2) is 67.0 Å². The number of benzene rings is 2. The topological polar surface area (TPSA) is 99.2 Å². The smallest absolute Gasteiger partial charge is 0.226 e. The van der Waals surface area contributed by atoms with E-state index < -0.39 is 0 Å². The number of hydrogen-bond donors (Lipinski definition) is 1. The van der Waals surface area contributed by atoms with Gasteiger partial charge in [0.25, 0.3) is 0 Å². The van der Waals surface area contributed by atoms with Gasteiger partial charge in [-0.05, 0) is 54.4 Å². The van der Waals surface area contributed by atoms with Crippen LogP contribution in [0.5, 0.6) is 5.75 Å². The lowest BCUT2D eigenvalue weighted by Crippen LogP contribution is -2.25. The Morgan fingerprint density at radius 2 is 1.97 bits per heavy atom. The van der Waals surface area contributed by atoms with E-state index in [0.29, 0.717) is 36.1 Å². The molecule has 35 heavy (non-hydrogen) atoms. The molecule has 0 saturated carbocycles. The van der Waals surface area contributed by atoms with Gasteiger partial charge in [0.05, 0.1) is 5.69 Å². The molecule has 10 heteroatoms. The average Bonchev–Trinajstić information content (AvgIpc) is 3.47. The molecular formula is C25H20FN7O2. The normalized spacial score (nSPS) is 15.1. The van der Waals surface area contributed by atoms with Crippen LogP contribution in [0.25, 0.3) is 11.5 Å². The number of ether oxygens (including phenoxy) is 1. The second-order valence-corrected chi connectivity index (χ2v) is 8.38. The summed E-state index contributed by atoms with van der Waals surface area (Å²) in [6.07, 6.45) is 1.80. The van der Waals surface area contributed by atoms with Gasteiger partial charge in [-0.3, -0.25) is 4.79 Å². The van der Waals surface area contributed by atoms with Crippen molar-refractivity contribution in [2.24, 2.45) is 0 Å². The van der Waals surface area contributed by atoms with Gasteiger partial charge in [-0.1, -0.05) is 24.3 Å². The second kappa shape index (κ2) is 8.32. The fraction of sp³-hybridized carbons (Fsp3) is 0.160. The van der Waals surface area contributed by atoms with Gasteiger partial charge in [0, 0.05) is 17.9 Å². The van der Waals surface area contributed by atoms with E-state index in [9.17, 15) is 9.18 Å². The van der Waals surface area contributed by atoms with Crippen LogP contribution in [0.3, 0.4) is 0 Å². The molecule has 6 rings (SSSR count). The largest absolute Gasteiger partial charge is 0.489 e. The highest BCUT2D eigenvalue weighted by molar-refractivity contribution is 5.95. The molecule has 0 spiro atoms. The molecule has 1 amide bonds. The van der Waals surface area contributed by atoms with E-state index in [1.807, 2.05) is 31.2 Å². The molecule has 5 aromatic rings. The zero-order valence-electron chi connectivity index (χ0n) is 18.7. The van der Waals surface area contributed by atoms with Crippen LogP contribution in [0.1, 0.15) is 34.7 Å². The maximum atomic E-state index is 13.2. The van der Waals surface area contributed by atoms with Gasteiger partial charge in [-0.25, -0.2) is 4.39 Å². The number of rotatable bonds is 5. The molecule has 1 aliphatic heterocycles. The quantitative estimate of drug-likeness (QED) is 0.420. The van der Waals surface area contributed by atoms with Crippen LogP contribution in [0.2, 0.25) is 0 Å². The molecule has 0 aliphatic carbocycles. The Morgan fingerprint density at radius 3 is 2.83 bits per heavy atom. The summed E-state index contributed by atoms with van der Waals surface area (Å²) >= 11 is 0. The van der Waals surface area contributed by atoms with Gasteiger partial charge >= 0.3 is 0 Å². The first-order valence-electron chi connectivity index (χ1n) is 11.1. The molecule has 0 unspecified atom stereocenters. The van der Waals surface area contributed by atoms with Gasteiger partial charge in [0.15, 0.2) is 11.5 Å². The number of halogens is 1. The Balaban J connectivity index is 1.33. The summed E-state index contributed by atoms with van der Waals surface area (Å²) in [4.78, 5) is 12.7. The minimum atomic E-state index is -0.283. The van der Waals surface area contributed by atoms with Crippen molar-refractivity contribution in [3.05, 3.63) is 95.2 Å². The number of carbonyl (C=O) groups excluding carboxylic acids is 1. The first kappa shape index (κ1) is 21.0. The zero-order chi connectivity index (χ0) is 23.9. The molecule has 0 radical (unpaired) electrons. The number of anilines is 1. The Hall–Kier alpha value is -4.60. The maximum Gasteiger partial charge on any atom is 0.226 e. The summed E-state index contributed by atoms with van der Waals surface area (Å²) in [6.45, 7) is 2.24. The summed E-state index contributed by atoms with van der Waals surface area (Å²) in [5, 5.41) is 20.0. The Kier molecular flexibility index (Phi) is 4.98. The van der Waals surface area contributed by atoms with Gasteiger partial charge in [0.1, 0.15) is 30.3 Å². The molecule has 0 bridgehead atoms. The fourth-order valence-corrected chi connectivity index (χ4v) is 4.40.